The molecule has 4 unspecified atom stereocenters. The van der Waals surface area contributed by atoms with E-state index >= 15 is 0 Å². The van der Waals surface area contributed by atoms with E-state index in [-0.39, 0.29) is 6.42 Å². The Morgan fingerprint density at radius 1 is 0.789 bits per heavy atom. The fraction of sp³-hybridized carbons (Fsp3) is 0.636. The van der Waals surface area contributed by atoms with E-state index in [1.54, 1.807) is 0 Å². The Bertz CT molecular complexity index is 377. The molecule has 0 spiro atoms. The molecule has 1 aliphatic carbocycles. The molecule has 4 N–H and O–H groups in total. The third kappa shape index (κ3) is 3.94. The first-order chi connectivity index (χ1) is 8.73. The van der Waals surface area contributed by atoms with Crippen molar-refractivity contribution in [3.8, 4) is 0 Å². The largest absolute Gasteiger partial charge is 0.481 e. The number of rotatable bonds is 8. The standard InChI is InChI=1S/C11H14O8/c12-8(13)2-6(10(16)17)4-1-5(4)7(11(18)19)3-9(14)15/h4-7H,1-3H2,(H,12,13)(H,14,15)(H,16,17)(H,18,19). The maximum atomic E-state index is 10.9. The van der Waals surface area contributed by atoms with Crippen LogP contribution in [0.5, 0.6) is 0 Å². The van der Waals surface area contributed by atoms with E-state index in [1.165, 1.54) is 0 Å². The van der Waals surface area contributed by atoms with Gasteiger partial charge in [0.2, 0.25) is 0 Å². The molecule has 1 saturated carbocycles. The Labute approximate surface area is 107 Å². The monoisotopic (exact) mass is 274 g/mol. The minimum Gasteiger partial charge on any atom is -0.481 e. The van der Waals surface area contributed by atoms with Crippen molar-refractivity contribution in [1.82, 2.24) is 0 Å². The van der Waals surface area contributed by atoms with Crippen molar-refractivity contribution in [2.45, 2.75) is 19.3 Å². The molecule has 19 heavy (non-hydrogen) atoms. The molecule has 0 bridgehead atoms. The van der Waals surface area contributed by atoms with Crippen LogP contribution in [-0.2, 0) is 19.2 Å². The zero-order valence-corrected chi connectivity index (χ0v) is 9.85. The Balaban J connectivity index is 2.73. The van der Waals surface area contributed by atoms with Gasteiger partial charge in [0.25, 0.3) is 0 Å². The average molecular weight is 274 g/mol. The average Bonchev–Trinajstić information content (AvgIpc) is 3.00. The first kappa shape index (κ1) is 14.9. The van der Waals surface area contributed by atoms with Gasteiger partial charge in [0.15, 0.2) is 0 Å². The highest BCUT2D eigenvalue weighted by molar-refractivity contribution is 5.80. The fourth-order valence-corrected chi connectivity index (χ4v) is 2.38. The predicted octanol–water partition coefficient (Wildman–Crippen LogP) is -0.0265. The molecule has 1 fully saturated rings. The summed E-state index contributed by atoms with van der Waals surface area (Å²) in [6.07, 6.45) is -0.944. The zero-order valence-electron chi connectivity index (χ0n) is 9.85. The molecule has 0 heterocycles. The fourth-order valence-electron chi connectivity index (χ4n) is 2.38. The van der Waals surface area contributed by atoms with Gasteiger partial charge < -0.3 is 20.4 Å². The molecule has 0 aromatic carbocycles. The lowest BCUT2D eigenvalue weighted by atomic mass is 9.92. The van der Waals surface area contributed by atoms with Crippen LogP contribution in [0.1, 0.15) is 19.3 Å². The maximum Gasteiger partial charge on any atom is 0.307 e. The molecule has 4 atom stereocenters. The Kier molecular flexibility index (Phi) is 4.47. The quantitative estimate of drug-likeness (QED) is 0.482. The Morgan fingerprint density at radius 2 is 1.11 bits per heavy atom. The van der Waals surface area contributed by atoms with Gasteiger partial charge in [-0.25, -0.2) is 0 Å². The second-order valence-electron chi connectivity index (χ2n) is 4.65. The highest BCUT2D eigenvalue weighted by Crippen LogP contribution is 2.51. The molecule has 0 radical (unpaired) electrons. The lowest BCUT2D eigenvalue weighted by molar-refractivity contribution is -0.151. The van der Waals surface area contributed by atoms with Crippen molar-refractivity contribution in [1.29, 1.82) is 0 Å². The molecule has 0 aliphatic heterocycles. The number of carboxylic acids is 4. The van der Waals surface area contributed by atoms with E-state index in [4.69, 9.17) is 20.4 Å². The Morgan fingerprint density at radius 3 is 1.32 bits per heavy atom. The normalized spacial score (nSPS) is 24.2. The molecule has 8 nitrogen and oxygen atoms in total. The van der Waals surface area contributed by atoms with Crippen LogP contribution >= 0.6 is 0 Å². The van der Waals surface area contributed by atoms with Gasteiger partial charge in [-0.1, -0.05) is 0 Å². The summed E-state index contributed by atoms with van der Waals surface area (Å²) in [5.41, 5.74) is 0. The molecular weight excluding hydrogens is 260 g/mol. The Hall–Kier alpha value is -2.12. The van der Waals surface area contributed by atoms with Crippen molar-refractivity contribution in [3.63, 3.8) is 0 Å². The number of hydrogen-bond donors (Lipinski definition) is 4. The van der Waals surface area contributed by atoms with E-state index in [0.29, 0.717) is 0 Å². The number of carbonyl (C=O) groups is 4. The summed E-state index contributed by atoms with van der Waals surface area (Å²) in [4.78, 5) is 43.0. The molecule has 0 aromatic rings. The molecule has 8 heteroatoms. The molecule has 106 valence electrons. The highest BCUT2D eigenvalue weighted by Gasteiger charge is 2.52. The van der Waals surface area contributed by atoms with Crippen molar-refractivity contribution < 1.29 is 39.6 Å². The second-order valence-corrected chi connectivity index (χ2v) is 4.65. The van der Waals surface area contributed by atoms with Gasteiger partial charge in [-0.15, -0.1) is 0 Å². The van der Waals surface area contributed by atoms with Gasteiger partial charge in [0.05, 0.1) is 24.7 Å². The van der Waals surface area contributed by atoms with Gasteiger partial charge in [0.1, 0.15) is 0 Å². The van der Waals surface area contributed by atoms with Gasteiger partial charge in [-0.05, 0) is 18.3 Å². The van der Waals surface area contributed by atoms with Gasteiger partial charge in [-0.2, -0.15) is 0 Å². The number of carboxylic acid groups (broad SMARTS) is 4. The SMILES string of the molecule is O=C(O)CC(C(=O)O)C1CC1C(CC(=O)O)C(=O)O. The van der Waals surface area contributed by atoms with E-state index in [1.807, 2.05) is 0 Å². The van der Waals surface area contributed by atoms with Crippen molar-refractivity contribution in [3.05, 3.63) is 0 Å². The molecular formula is C11H14O8. The molecule has 0 saturated heterocycles. The van der Waals surface area contributed by atoms with Gasteiger partial charge in [0, 0.05) is 0 Å². The third-order valence-electron chi connectivity index (χ3n) is 3.35. The lowest BCUT2D eigenvalue weighted by Crippen LogP contribution is -2.25. The first-order valence-corrected chi connectivity index (χ1v) is 5.63. The van der Waals surface area contributed by atoms with Crippen LogP contribution in [0.4, 0.5) is 0 Å². The molecule has 0 amide bonds. The summed E-state index contributed by atoms with van der Waals surface area (Å²) in [5.74, 6) is -8.66. The van der Waals surface area contributed by atoms with Crippen molar-refractivity contribution in [2.24, 2.45) is 23.7 Å². The minimum atomic E-state index is -1.30. The van der Waals surface area contributed by atoms with E-state index in [0.717, 1.165) is 0 Å². The zero-order chi connectivity index (χ0) is 14.7. The van der Waals surface area contributed by atoms with Gasteiger partial charge in [-0.3, -0.25) is 19.2 Å². The molecule has 1 rings (SSSR count). The summed E-state index contributed by atoms with van der Waals surface area (Å²) in [6, 6.07) is 0. The highest BCUT2D eigenvalue weighted by atomic mass is 16.4. The smallest absolute Gasteiger partial charge is 0.307 e. The summed E-state index contributed by atoms with van der Waals surface area (Å²) in [6.45, 7) is 0. The topological polar surface area (TPSA) is 149 Å². The van der Waals surface area contributed by atoms with Crippen LogP contribution in [0.2, 0.25) is 0 Å². The van der Waals surface area contributed by atoms with Crippen LogP contribution < -0.4 is 0 Å². The molecule has 1 aliphatic rings. The lowest BCUT2D eigenvalue weighted by Gasteiger charge is -2.13. The van der Waals surface area contributed by atoms with Crippen molar-refractivity contribution in [2.75, 3.05) is 0 Å². The van der Waals surface area contributed by atoms with Gasteiger partial charge >= 0.3 is 23.9 Å². The third-order valence-corrected chi connectivity index (χ3v) is 3.35. The maximum absolute atomic E-state index is 10.9. The van der Waals surface area contributed by atoms with Crippen LogP contribution in [0.3, 0.4) is 0 Å². The first-order valence-electron chi connectivity index (χ1n) is 5.63. The van der Waals surface area contributed by atoms with Crippen LogP contribution in [-0.4, -0.2) is 44.3 Å². The predicted molar refractivity (Wildman–Crippen MR) is 58.4 cm³/mol. The van der Waals surface area contributed by atoms with Crippen LogP contribution in [0.15, 0.2) is 0 Å². The number of hydrogen-bond acceptors (Lipinski definition) is 4. The van der Waals surface area contributed by atoms with E-state index < -0.39 is 60.4 Å². The van der Waals surface area contributed by atoms with Crippen LogP contribution in [0, 0.1) is 23.7 Å². The second kappa shape index (κ2) is 5.68. The summed E-state index contributed by atoms with van der Waals surface area (Å²) in [7, 11) is 0. The summed E-state index contributed by atoms with van der Waals surface area (Å²) >= 11 is 0. The van der Waals surface area contributed by atoms with E-state index in [9.17, 15) is 19.2 Å². The molecule has 0 aromatic heterocycles. The van der Waals surface area contributed by atoms with E-state index in [2.05, 4.69) is 0 Å². The van der Waals surface area contributed by atoms with Crippen LogP contribution in [0.25, 0.3) is 0 Å². The van der Waals surface area contributed by atoms with Crippen molar-refractivity contribution >= 4 is 23.9 Å². The number of aliphatic carboxylic acids is 4. The summed E-state index contributed by atoms with van der Waals surface area (Å²) < 4.78 is 0. The summed E-state index contributed by atoms with van der Waals surface area (Å²) in [5, 5.41) is 35.1. The minimum absolute atomic E-state index is 0.231.